The van der Waals surface area contributed by atoms with Crippen LogP contribution in [0.5, 0.6) is 0 Å². The predicted molar refractivity (Wildman–Crippen MR) is 122 cm³/mol. The van der Waals surface area contributed by atoms with Gasteiger partial charge in [-0.1, -0.05) is 6.07 Å². The van der Waals surface area contributed by atoms with Crippen molar-refractivity contribution in [1.29, 1.82) is 5.26 Å². The molecule has 0 radical (unpaired) electrons. The van der Waals surface area contributed by atoms with E-state index in [1.165, 1.54) is 0 Å². The van der Waals surface area contributed by atoms with Crippen LogP contribution in [0.25, 0.3) is 0 Å². The maximum absolute atomic E-state index is 13.4. The van der Waals surface area contributed by atoms with E-state index in [0.29, 0.717) is 24.6 Å². The SMILES string of the molecule is CNC(=O)c1ccc2c(c1)CC[C@H]2N1C(=O)[C@@H]2C[C@H]1CN2C[C@H](N)C(=O)N1C2C[C@H]2C[C@H]1C#N. The molecular formula is C25H30N6O3. The highest BCUT2D eigenvalue weighted by Crippen LogP contribution is 2.48. The molecular weight excluding hydrogens is 432 g/mol. The number of piperazine rings is 1. The van der Waals surface area contributed by atoms with Crippen LogP contribution in [0.15, 0.2) is 18.2 Å². The Kier molecular flexibility index (Phi) is 4.94. The van der Waals surface area contributed by atoms with Gasteiger partial charge in [0.05, 0.1) is 24.2 Å². The quantitative estimate of drug-likeness (QED) is 0.643. The molecule has 0 aromatic heterocycles. The first-order valence-corrected chi connectivity index (χ1v) is 12.3. The van der Waals surface area contributed by atoms with Crippen molar-refractivity contribution < 1.29 is 14.4 Å². The standard InChI is InChI=1S/C25H30N6O3/c1-28-23(32)14-2-4-18-13(6-14)3-5-20(18)31-17-9-22(25(31)34)29(11-17)12-19(27)24(33)30-16(10-26)7-15-8-21(15)30/h2,4,6,15-17,19-22H,3,5,7-9,11-12,27H2,1H3,(H,28,32)/t15-,16+,17+,19+,20-,21?,22+/m1/s1. The van der Waals surface area contributed by atoms with Gasteiger partial charge in [-0.2, -0.15) is 5.26 Å². The number of rotatable bonds is 5. The maximum atomic E-state index is 13.4. The molecule has 6 rings (SSSR count). The number of piperidine rings is 1. The van der Waals surface area contributed by atoms with E-state index in [1.807, 2.05) is 23.1 Å². The average Bonchev–Trinajstić information content (AvgIpc) is 3.18. The van der Waals surface area contributed by atoms with Crippen molar-refractivity contribution in [3.8, 4) is 6.07 Å². The predicted octanol–water partition coefficient (Wildman–Crippen LogP) is 0.159. The van der Waals surface area contributed by atoms with Gasteiger partial charge in [-0.15, -0.1) is 0 Å². The summed E-state index contributed by atoms with van der Waals surface area (Å²) in [4.78, 5) is 44.2. The van der Waals surface area contributed by atoms with Crippen LogP contribution < -0.4 is 11.1 Å². The van der Waals surface area contributed by atoms with Crippen molar-refractivity contribution in [2.75, 3.05) is 20.1 Å². The van der Waals surface area contributed by atoms with E-state index in [4.69, 9.17) is 5.73 Å². The molecule has 2 aliphatic carbocycles. The molecule has 2 bridgehead atoms. The number of nitrogens with two attached hydrogens (primary N) is 1. The lowest BCUT2D eigenvalue weighted by molar-refractivity contribution is -0.141. The summed E-state index contributed by atoms with van der Waals surface area (Å²) in [5.41, 5.74) is 9.25. The molecule has 3 heterocycles. The molecule has 5 aliphatic rings. The molecule has 7 atom stereocenters. The van der Waals surface area contributed by atoms with Gasteiger partial charge in [-0.05, 0) is 61.3 Å². The van der Waals surface area contributed by atoms with E-state index in [9.17, 15) is 19.6 Å². The van der Waals surface area contributed by atoms with Gasteiger partial charge in [0.2, 0.25) is 11.8 Å². The van der Waals surface area contributed by atoms with Crippen LogP contribution in [0.1, 0.15) is 53.2 Å². The third-order valence-electron chi connectivity index (χ3n) is 8.58. The molecule has 1 aromatic carbocycles. The van der Waals surface area contributed by atoms with Crippen LogP contribution in [-0.2, 0) is 16.0 Å². The highest BCUT2D eigenvalue weighted by atomic mass is 16.2. The first-order chi connectivity index (χ1) is 16.4. The molecule has 1 saturated carbocycles. The van der Waals surface area contributed by atoms with Gasteiger partial charge in [0, 0.05) is 37.8 Å². The Balaban J connectivity index is 1.12. The second-order valence-electron chi connectivity index (χ2n) is 10.4. The Labute approximate surface area is 198 Å². The molecule has 3 amide bonds. The zero-order valence-electron chi connectivity index (χ0n) is 19.3. The Morgan fingerprint density at radius 3 is 2.82 bits per heavy atom. The van der Waals surface area contributed by atoms with Crippen molar-refractivity contribution in [1.82, 2.24) is 20.0 Å². The van der Waals surface area contributed by atoms with Crippen LogP contribution in [-0.4, -0.2) is 82.8 Å². The summed E-state index contributed by atoms with van der Waals surface area (Å²) < 4.78 is 0. The topological polar surface area (TPSA) is 123 Å². The maximum Gasteiger partial charge on any atom is 0.251 e. The van der Waals surface area contributed by atoms with E-state index >= 15 is 0 Å². The van der Waals surface area contributed by atoms with Crippen LogP contribution in [0, 0.1) is 17.2 Å². The van der Waals surface area contributed by atoms with Crippen LogP contribution in [0.3, 0.4) is 0 Å². The highest BCUT2D eigenvalue weighted by molar-refractivity contribution is 5.94. The van der Waals surface area contributed by atoms with Crippen molar-refractivity contribution in [2.24, 2.45) is 11.7 Å². The van der Waals surface area contributed by atoms with Gasteiger partial charge >= 0.3 is 0 Å². The molecule has 3 saturated heterocycles. The lowest BCUT2D eigenvalue weighted by Gasteiger charge is -2.38. The number of aryl methyl sites for hydroxylation is 1. The Hall–Kier alpha value is -2.96. The number of nitrogens with one attached hydrogen (secondary N) is 1. The highest BCUT2D eigenvalue weighted by Gasteiger charge is 2.56. The minimum absolute atomic E-state index is 0.0430. The Bertz CT molecular complexity index is 1110. The summed E-state index contributed by atoms with van der Waals surface area (Å²) in [5, 5.41) is 12.1. The fourth-order valence-corrected chi connectivity index (χ4v) is 6.88. The Morgan fingerprint density at radius 2 is 2.09 bits per heavy atom. The number of carbonyl (C=O) groups excluding carboxylic acids is 3. The van der Waals surface area contributed by atoms with Crippen molar-refractivity contribution in [3.05, 3.63) is 34.9 Å². The molecule has 3 N–H and O–H groups in total. The number of likely N-dealkylation sites (tertiary alicyclic amines) is 3. The van der Waals surface area contributed by atoms with Gasteiger partial charge in [0.1, 0.15) is 6.04 Å². The van der Waals surface area contributed by atoms with Crippen molar-refractivity contribution in [3.63, 3.8) is 0 Å². The first kappa shape index (κ1) is 21.6. The number of nitrogens with zero attached hydrogens (tertiary/aromatic N) is 4. The monoisotopic (exact) mass is 462 g/mol. The summed E-state index contributed by atoms with van der Waals surface area (Å²) >= 11 is 0. The number of hydrogen-bond acceptors (Lipinski definition) is 6. The summed E-state index contributed by atoms with van der Waals surface area (Å²) in [6.45, 7) is 1.07. The summed E-state index contributed by atoms with van der Waals surface area (Å²) in [6.07, 6.45) is 4.22. The third-order valence-corrected chi connectivity index (χ3v) is 8.58. The molecule has 9 nitrogen and oxygen atoms in total. The van der Waals surface area contributed by atoms with E-state index in [-0.39, 0.29) is 47.9 Å². The van der Waals surface area contributed by atoms with Crippen LogP contribution >= 0.6 is 0 Å². The number of nitriles is 1. The molecule has 9 heteroatoms. The fourth-order valence-electron chi connectivity index (χ4n) is 6.88. The first-order valence-electron chi connectivity index (χ1n) is 12.3. The molecule has 1 aromatic rings. The normalized spacial score (nSPS) is 34.1. The number of benzene rings is 1. The average molecular weight is 463 g/mol. The van der Waals surface area contributed by atoms with E-state index in [1.54, 1.807) is 11.9 Å². The largest absolute Gasteiger partial charge is 0.355 e. The molecule has 3 aliphatic heterocycles. The number of hydrogen-bond donors (Lipinski definition) is 2. The minimum atomic E-state index is -0.717. The number of carbonyl (C=O) groups is 3. The second-order valence-corrected chi connectivity index (χ2v) is 10.4. The van der Waals surface area contributed by atoms with Crippen LogP contribution in [0.2, 0.25) is 0 Å². The number of amides is 3. The van der Waals surface area contributed by atoms with Crippen molar-refractivity contribution >= 4 is 17.7 Å². The molecule has 178 valence electrons. The van der Waals surface area contributed by atoms with E-state index in [2.05, 4.69) is 16.3 Å². The van der Waals surface area contributed by atoms with Gasteiger partial charge in [0.25, 0.3) is 5.91 Å². The summed E-state index contributed by atoms with van der Waals surface area (Å²) in [5.74, 6) is 0.319. The smallest absolute Gasteiger partial charge is 0.251 e. The molecule has 34 heavy (non-hydrogen) atoms. The molecule has 0 spiro atoms. The van der Waals surface area contributed by atoms with Crippen LogP contribution in [0.4, 0.5) is 0 Å². The molecule has 4 fully saturated rings. The lowest BCUT2D eigenvalue weighted by Crippen LogP contribution is -2.57. The van der Waals surface area contributed by atoms with Crippen molar-refractivity contribution in [2.45, 2.75) is 68.4 Å². The summed E-state index contributed by atoms with van der Waals surface area (Å²) in [6, 6.07) is 7.05. The summed E-state index contributed by atoms with van der Waals surface area (Å²) in [7, 11) is 1.62. The van der Waals surface area contributed by atoms with Gasteiger partial charge in [0.15, 0.2) is 0 Å². The van der Waals surface area contributed by atoms with Gasteiger partial charge in [-0.25, -0.2) is 0 Å². The van der Waals surface area contributed by atoms with Gasteiger partial charge in [-0.3, -0.25) is 19.3 Å². The Morgan fingerprint density at radius 1 is 1.26 bits per heavy atom. The zero-order valence-corrected chi connectivity index (χ0v) is 19.3. The lowest BCUT2D eigenvalue weighted by atomic mass is 10.0. The zero-order chi connectivity index (χ0) is 23.7. The van der Waals surface area contributed by atoms with E-state index < -0.39 is 6.04 Å². The second kappa shape index (κ2) is 7.79. The molecule has 1 unspecified atom stereocenters. The fraction of sp³-hybridized carbons (Fsp3) is 0.600. The number of fused-ring (bicyclic) bond motifs is 4. The van der Waals surface area contributed by atoms with E-state index in [0.717, 1.165) is 43.2 Å². The van der Waals surface area contributed by atoms with Gasteiger partial charge < -0.3 is 20.9 Å². The minimum Gasteiger partial charge on any atom is -0.355 e. The third kappa shape index (κ3) is 3.16.